The van der Waals surface area contributed by atoms with Gasteiger partial charge in [0.15, 0.2) is 5.82 Å². The monoisotopic (exact) mass is 366 g/mol. The van der Waals surface area contributed by atoms with Gasteiger partial charge >= 0.3 is 0 Å². The molecule has 1 aliphatic rings. The number of hydrogen-bond donors (Lipinski definition) is 1. The summed E-state index contributed by atoms with van der Waals surface area (Å²) in [7, 11) is 0. The number of rotatable bonds is 3. The highest BCUT2D eigenvalue weighted by Gasteiger charge is 2.27. The number of fused-ring (bicyclic) bond motifs is 1. The lowest BCUT2D eigenvalue weighted by atomic mass is 9.95. The Kier molecular flexibility index (Phi) is 3.79. The van der Waals surface area contributed by atoms with Crippen LogP contribution >= 0.6 is 11.3 Å². The van der Waals surface area contributed by atoms with Gasteiger partial charge in [-0.3, -0.25) is 5.10 Å². The Morgan fingerprint density at radius 1 is 1.27 bits per heavy atom. The molecule has 1 aliphatic heterocycles. The van der Waals surface area contributed by atoms with Crippen LogP contribution in [0.25, 0.3) is 26.8 Å². The summed E-state index contributed by atoms with van der Waals surface area (Å²) in [5.41, 5.74) is 4.24. The maximum atomic E-state index is 5.53. The molecule has 1 saturated heterocycles. The molecule has 1 fully saturated rings. The number of nitrogens with zero attached hydrogens (tertiary/aromatic N) is 5. The van der Waals surface area contributed by atoms with Crippen LogP contribution in [0.5, 0.6) is 0 Å². The molecule has 0 amide bonds. The third-order valence-electron chi connectivity index (χ3n) is 4.82. The van der Waals surface area contributed by atoms with E-state index in [1.807, 2.05) is 29.8 Å². The number of hydrogen-bond acceptors (Lipinski definition) is 6. The van der Waals surface area contributed by atoms with Crippen molar-refractivity contribution in [3.05, 3.63) is 42.1 Å². The molecule has 7 nitrogen and oxygen atoms in total. The van der Waals surface area contributed by atoms with Crippen LogP contribution < -0.4 is 0 Å². The van der Waals surface area contributed by atoms with Crippen LogP contribution in [0.15, 0.2) is 30.7 Å². The van der Waals surface area contributed by atoms with E-state index >= 15 is 0 Å². The van der Waals surface area contributed by atoms with Crippen LogP contribution in [0.2, 0.25) is 0 Å². The normalized spacial score (nSPS) is 15.7. The van der Waals surface area contributed by atoms with Gasteiger partial charge in [-0.1, -0.05) is 6.07 Å². The van der Waals surface area contributed by atoms with Crippen molar-refractivity contribution in [2.75, 3.05) is 13.2 Å². The van der Waals surface area contributed by atoms with Gasteiger partial charge in [0.05, 0.1) is 27.3 Å². The predicted octanol–water partition coefficient (Wildman–Crippen LogP) is 3.45. The van der Waals surface area contributed by atoms with Crippen molar-refractivity contribution < 1.29 is 4.74 Å². The summed E-state index contributed by atoms with van der Waals surface area (Å²) in [4.78, 5) is 10.5. The number of pyridine rings is 1. The van der Waals surface area contributed by atoms with E-state index in [-0.39, 0.29) is 0 Å². The van der Waals surface area contributed by atoms with E-state index in [1.165, 1.54) is 0 Å². The molecule has 0 bridgehead atoms. The number of aromatic amines is 1. The summed E-state index contributed by atoms with van der Waals surface area (Å²) >= 11 is 1.66. The standard InChI is InChI=1S/C18H18N6OS/c1-11-14(13-4-2-3-7-24(13)23-11)18-21-15(12-5-8-25-9-6-12)16(26-18)17-19-10-20-22-17/h2-4,7,10,12H,5-6,8-9H2,1H3,(H,19,20,22). The van der Waals surface area contributed by atoms with Gasteiger partial charge in [0.2, 0.25) is 0 Å². The van der Waals surface area contributed by atoms with Gasteiger partial charge in [0, 0.05) is 25.3 Å². The van der Waals surface area contributed by atoms with E-state index < -0.39 is 0 Å². The summed E-state index contributed by atoms with van der Waals surface area (Å²) in [5.74, 6) is 1.17. The molecule has 0 spiro atoms. The highest BCUT2D eigenvalue weighted by Crippen LogP contribution is 2.41. The summed E-state index contributed by atoms with van der Waals surface area (Å²) in [6.45, 7) is 3.60. The highest BCUT2D eigenvalue weighted by atomic mass is 32.1. The van der Waals surface area contributed by atoms with Gasteiger partial charge in [0.25, 0.3) is 0 Å². The first-order valence-electron chi connectivity index (χ1n) is 8.70. The molecule has 1 N–H and O–H groups in total. The molecule has 4 aromatic rings. The lowest BCUT2D eigenvalue weighted by Crippen LogP contribution is -2.15. The largest absolute Gasteiger partial charge is 0.381 e. The van der Waals surface area contributed by atoms with Crippen LogP contribution in [0, 0.1) is 6.92 Å². The van der Waals surface area contributed by atoms with E-state index in [0.717, 1.165) is 64.2 Å². The summed E-state index contributed by atoms with van der Waals surface area (Å²) in [6, 6.07) is 6.10. The topological polar surface area (TPSA) is 81.0 Å². The van der Waals surface area contributed by atoms with E-state index in [2.05, 4.69) is 26.3 Å². The van der Waals surface area contributed by atoms with Crippen molar-refractivity contribution in [3.8, 4) is 21.3 Å². The van der Waals surface area contributed by atoms with Gasteiger partial charge in [-0.2, -0.15) is 10.2 Å². The van der Waals surface area contributed by atoms with E-state index in [9.17, 15) is 0 Å². The van der Waals surface area contributed by atoms with Crippen LogP contribution in [0.3, 0.4) is 0 Å². The molecule has 0 saturated carbocycles. The van der Waals surface area contributed by atoms with Crippen molar-refractivity contribution in [1.82, 2.24) is 29.8 Å². The molecule has 132 valence electrons. The average molecular weight is 366 g/mol. The van der Waals surface area contributed by atoms with Crippen LogP contribution in [0.4, 0.5) is 0 Å². The molecule has 0 aromatic carbocycles. The first-order valence-corrected chi connectivity index (χ1v) is 9.51. The maximum Gasteiger partial charge on any atom is 0.167 e. The number of ether oxygens (including phenoxy) is 1. The summed E-state index contributed by atoms with van der Waals surface area (Å²) in [6.07, 6.45) is 5.48. The SMILES string of the molecule is Cc1nn2ccccc2c1-c1nc(C2CCOCC2)c(-c2ncn[nH]2)s1. The van der Waals surface area contributed by atoms with Gasteiger partial charge in [-0.15, -0.1) is 11.3 Å². The quantitative estimate of drug-likeness (QED) is 0.601. The van der Waals surface area contributed by atoms with E-state index in [1.54, 1.807) is 17.7 Å². The lowest BCUT2D eigenvalue weighted by Gasteiger charge is -2.21. The Hall–Kier alpha value is -2.58. The minimum atomic E-state index is 0.385. The molecular formula is C18H18N6OS. The Labute approximate surface area is 154 Å². The Bertz CT molecular complexity index is 1050. The Balaban J connectivity index is 1.69. The van der Waals surface area contributed by atoms with Gasteiger partial charge in [-0.05, 0) is 31.9 Å². The minimum Gasteiger partial charge on any atom is -0.381 e. The van der Waals surface area contributed by atoms with Crippen LogP contribution in [-0.4, -0.2) is 43.0 Å². The zero-order valence-electron chi connectivity index (χ0n) is 14.3. The zero-order valence-corrected chi connectivity index (χ0v) is 15.2. The van der Waals surface area contributed by atoms with Crippen LogP contribution in [0.1, 0.15) is 30.1 Å². The van der Waals surface area contributed by atoms with E-state index in [4.69, 9.17) is 9.72 Å². The van der Waals surface area contributed by atoms with Crippen molar-refractivity contribution >= 4 is 16.9 Å². The smallest absolute Gasteiger partial charge is 0.167 e. The molecule has 8 heteroatoms. The van der Waals surface area contributed by atoms with Gasteiger partial charge in [0.1, 0.15) is 11.3 Å². The molecule has 5 rings (SSSR count). The predicted molar refractivity (Wildman–Crippen MR) is 99.2 cm³/mol. The molecule has 26 heavy (non-hydrogen) atoms. The Morgan fingerprint density at radius 3 is 2.96 bits per heavy atom. The van der Waals surface area contributed by atoms with Gasteiger partial charge < -0.3 is 4.74 Å². The fourth-order valence-electron chi connectivity index (χ4n) is 3.55. The van der Waals surface area contributed by atoms with Crippen molar-refractivity contribution in [1.29, 1.82) is 0 Å². The molecule has 0 radical (unpaired) electrons. The van der Waals surface area contributed by atoms with Gasteiger partial charge in [-0.25, -0.2) is 14.5 Å². The van der Waals surface area contributed by atoms with Crippen LogP contribution in [-0.2, 0) is 4.74 Å². The number of H-pyrrole nitrogens is 1. The first kappa shape index (κ1) is 15.7. The first-order chi connectivity index (χ1) is 12.8. The number of aromatic nitrogens is 6. The zero-order chi connectivity index (χ0) is 17.5. The third kappa shape index (κ3) is 2.53. The second-order valence-corrected chi connectivity index (χ2v) is 7.44. The molecule has 5 heterocycles. The van der Waals surface area contributed by atoms with E-state index in [0.29, 0.717) is 5.92 Å². The second kappa shape index (κ2) is 6.30. The summed E-state index contributed by atoms with van der Waals surface area (Å²) < 4.78 is 7.45. The number of thiazole rings is 1. The maximum absolute atomic E-state index is 5.53. The molecule has 0 unspecified atom stereocenters. The highest BCUT2D eigenvalue weighted by molar-refractivity contribution is 7.18. The summed E-state index contributed by atoms with van der Waals surface area (Å²) in [5, 5.41) is 12.6. The fraction of sp³-hybridized carbons (Fsp3) is 0.333. The Morgan fingerprint density at radius 2 is 2.15 bits per heavy atom. The second-order valence-electron chi connectivity index (χ2n) is 6.44. The molecular weight excluding hydrogens is 348 g/mol. The fourth-order valence-corrected chi connectivity index (χ4v) is 4.76. The van der Waals surface area contributed by atoms with Crippen molar-refractivity contribution in [3.63, 3.8) is 0 Å². The van der Waals surface area contributed by atoms with Crippen molar-refractivity contribution in [2.24, 2.45) is 0 Å². The number of aryl methyl sites for hydroxylation is 1. The van der Waals surface area contributed by atoms with Crippen molar-refractivity contribution in [2.45, 2.75) is 25.7 Å². The average Bonchev–Trinajstić information content (AvgIpc) is 3.39. The minimum absolute atomic E-state index is 0.385. The third-order valence-corrected chi connectivity index (χ3v) is 5.92. The molecule has 0 atom stereocenters. The lowest BCUT2D eigenvalue weighted by molar-refractivity contribution is 0.0847. The molecule has 0 aliphatic carbocycles. The molecule has 4 aromatic heterocycles. The number of nitrogens with one attached hydrogen (secondary N) is 1.